The number of fused-ring (bicyclic) bond motifs is 1. The van der Waals surface area contributed by atoms with Gasteiger partial charge < -0.3 is 10.2 Å². The fraction of sp³-hybridized carbons (Fsp3) is 0.562. The van der Waals surface area contributed by atoms with Crippen LogP contribution in [0, 0.1) is 0 Å². The number of rotatable bonds is 3. The summed E-state index contributed by atoms with van der Waals surface area (Å²) in [5, 5.41) is 19.7. The van der Waals surface area contributed by atoms with Gasteiger partial charge in [-0.3, -0.25) is 4.79 Å². The first-order valence-corrected chi connectivity index (χ1v) is 8.08. The molecule has 4 heteroatoms. The standard InChI is InChI=1S/C16H19BrO3/c17-12-8-10-4-2-1-3-5-11(10)14(15(12)20)16(6-7-16)9-13(18)19/h8,20H,1-7,9H2,(H,18,19). The molecule has 1 saturated carbocycles. The first-order chi connectivity index (χ1) is 9.53. The maximum atomic E-state index is 11.2. The summed E-state index contributed by atoms with van der Waals surface area (Å²) in [7, 11) is 0. The van der Waals surface area contributed by atoms with Crippen molar-refractivity contribution in [2.45, 2.75) is 56.8 Å². The van der Waals surface area contributed by atoms with E-state index in [2.05, 4.69) is 15.9 Å². The summed E-state index contributed by atoms with van der Waals surface area (Å²) in [4.78, 5) is 11.2. The summed E-state index contributed by atoms with van der Waals surface area (Å²) < 4.78 is 0.713. The van der Waals surface area contributed by atoms with Crippen LogP contribution in [0.15, 0.2) is 10.5 Å². The number of aryl methyl sites for hydroxylation is 1. The maximum Gasteiger partial charge on any atom is 0.304 e. The van der Waals surface area contributed by atoms with Crippen LogP contribution >= 0.6 is 15.9 Å². The van der Waals surface area contributed by atoms with E-state index in [1.54, 1.807) is 0 Å². The van der Waals surface area contributed by atoms with Gasteiger partial charge in [0, 0.05) is 11.0 Å². The smallest absolute Gasteiger partial charge is 0.304 e. The van der Waals surface area contributed by atoms with Crippen LogP contribution in [0.25, 0.3) is 0 Å². The number of hydrogen-bond donors (Lipinski definition) is 2. The summed E-state index contributed by atoms with van der Waals surface area (Å²) in [6, 6.07) is 2.02. The Labute approximate surface area is 127 Å². The first-order valence-electron chi connectivity index (χ1n) is 7.29. The van der Waals surface area contributed by atoms with Gasteiger partial charge in [-0.1, -0.05) is 6.42 Å². The molecule has 3 nitrogen and oxygen atoms in total. The van der Waals surface area contributed by atoms with Crippen LogP contribution in [0.5, 0.6) is 5.75 Å². The molecule has 0 atom stereocenters. The molecule has 0 amide bonds. The molecule has 1 aromatic carbocycles. The minimum atomic E-state index is -0.774. The SMILES string of the molecule is O=C(O)CC1(c2c(O)c(Br)cc3c2CCCCC3)CC1. The van der Waals surface area contributed by atoms with Gasteiger partial charge >= 0.3 is 5.97 Å². The summed E-state index contributed by atoms with van der Waals surface area (Å²) in [5.74, 6) is -0.506. The van der Waals surface area contributed by atoms with E-state index in [1.807, 2.05) is 6.07 Å². The van der Waals surface area contributed by atoms with Gasteiger partial charge in [0.1, 0.15) is 5.75 Å². The minimum absolute atomic E-state index is 0.128. The van der Waals surface area contributed by atoms with E-state index < -0.39 is 5.97 Å². The maximum absolute atomic E-state index is 11.2. The van der Waals surface area contributed by atoms with Crippen molar-refractivity contribution in [3.05, 3.63) is 27.2 Å². The molecule has 1 fully saturated rings. The Morgan fingerprint density at radius 2 is 1.95 bits per heavy atom. The number of carboxylic acid groups (broad SMARTS) is 1. The Balaban J connectivity index is 2.14. The number of aliphatic carboxylic acids is 1. The van der Waals surface area contributed by atoms with E-state index in [9.17, 15) is 15.0 Å². The predicted molar refractivity (Wildman–Crippen MR) is 80.2 cm³/mol. The molecule has 0 spiro atoms. The van der Waals surface area contributed by atoms with Crippen LogP contribution in [0.1, 0.15) is 55.2 Å². The van der Waals surface area contributed by atoms with Crippen LogP contribution < -0.4 is 0 Å². The Bertz CT molecular complexity index is 561. The number of carboxylic acids is 1. The zero-order valence-electron chi connectivity index (χ0n) is 11.4. The summed E-state index contributed by atoms with van der Waals surface area (Å²) in [6.07, 6.45) is 7.38. The molecule has 108 valence electrons. The fourth-order valence-electron chi connectivity index (χ4n) is 3.56. The predicted octanol–water partition coefficient (Wildman–Crippen LogP) is 3.93. The van der Waals surface area contributed by atoms with Crippen molar-refractivity contribution in [3.63, 3.8) is 0 Å². The number of hydrogen-bond acceptors (Lipinski definition) is 2. The van der Waals surface area contributed by atoms with Crippen molar-refractivity contribution in [2.75, 3.05) is 0 Å². The average molecular weight is 339 g/mol. The molecule has 0 unspecified atom stereocenters. The van der Waals surface area contributed by atoms with Crippen LogP contribution in [-0.4, -0.2) is 16.2 Å². The second-order valence-electron chi connectivity index (χ2n) is 6.13. The summed E-state index contributed by atoms with van der Waals surface area (Å²) >= 11 is 3.44. The van der Waals surface area contributed by atoms with Crippen molar-refractivity contribution in [1.29, 1.82) is 0 Å². The topological polar surface area (TPSA) is 57.5 Å². The normalized spacial score (nSPS) is 20.1. The van der Waals surface area contributed by atoms with Crippen molar-refractivity contribution < 1.29 is 15.0 Å². The van der Waals surface area contributed by atoms with E-state index in [1.165, 1.54) is 24.0 Å². The second-order valence-corrected chi connectivity index (χ2v) is 6.99. The molecule has 0 saturated heterocycles. The van der Waals surface area contributed by atoms with Gasteiger partial charge in [0.15, 0.2) is 0 Å². The average Bonchev–Trinajstić information content (AvgIpc) is 3.15. The van der Waals surface area contributed by atoms with E-state index in [0.29, 0.717) is 4.47 Å². The lowest BCUT2D eigenvalue weighted by Crippen LogP contribution is -2.16. The molecule has 0 bridgehead atoms. The van der Waals surface area contributed by atoms with E-state index >= 15 is 0 Å². The van der Waals surface area contributed by atoms with Crippen LogP contribution in [0.4, 0.5) is 0 Å². The van der Waals surface area contributed by atoms with Gasteiger partial charge in [-0.15, -0.1) is 0 Å². The third-order valence-corrected chi connectivity index (χ3v) is 5.30. The molecule has 0 radical (unpaired) electrons. The lowest BCUT2D eigenvalue weighted by Gasteiger charge is -2.22. The molecular weight excluding hydrogens is 320 g/mol. The van der Waals surface area contributed by atoms with Gasteiger partial charge in [-0.2, -0.15) is 0 Å². The lowest BCUT2D eigenvalue weighted by molar-refractivity contribution is -0.137. The molecular formula is C16H19BrO3. The van der Waals surface area contributed by atoms with Crippen molar-refractivity contribution >= 4 is 21.9 Å². The Hall–Kier alpha value is -1.03. The van der Waals surface area contributed by atoms with Gasteiger partial charge in [0.25, 0.3) is 0 Å². The quantitative estimate of drug-likeness (QED) is 0.821. The molecule has 0 aromatic heterocycles. The molecule has 1 aromatic rings. The number of halogens is 1. The van der Waals surface area contributed by atoms with E-state index in [0.717, 1.165) is 37.7 Å². The van der Waals surface area contributed by atoms with Crippen LogP contribution in [0.3, 0.4) is 0 Å². The highest BCUT2D eigenvalue weighted by molar-refractivity contribution is 9.10. The Morgan fingerprint density at radius 1 is 1.25 bits per heavy atom. The second kappa shape index (κ2) is 5.06. The summed E-state index contributed by atoms with van der Waals surface area (Å²) in [5.41, 5.74) is 3.11. The van der Waals surface area contributed by atoms with Gasteiger partial charge in [-0.25, -0.2) is 0 Å². The highest BCUT2D eigenvalue weighted by Gasteiger charge is 2.49. The molecule has 3 rings (SSSR count). The molecule has 2 aliphatic carbocycles. The number of phenolic OH excluding ortho intramolecular Hbond substituents is 1. The zero-order chi connectivity index (χ0) is 14.3. The fourth-order valence-corrected chi connectivity index (χ4v) is 4.04. The van der Waals surface area contributed by atoms with Gasteiger partial charge in [0.05, 0.1) is 10.9 Å². The minimum Gasteiger partial charge on any atom is -0.506 e. The Kier molecular flexibility index (Phi) is 3.53. The van der Waals surface area contributed by atoms with Crippen LogP contribution in [-0.2, 0) is 23.1 Å². The van der Waals surface area contributed by atoms with Crippen molar-refractivity contribution in [3.8, 4) is 5.75 Å². The monoisotopic (exact) mass is 338 g/mol. The van der Waals surface area contributed by atoms with Crippen molar-refractivity contribution in [1.82, 2.24) is 0 Å². The Morgan fingerprint density at radius 3 is 2.60 bits per heavy atom. The molecule has 2 aliphatic rings. The van der Waals surface area contributed by atoms with Gasteiger partial charge in [-0.05, 0) is 71.6 Å². The molecule has 0 aliphatic heterocycles. The van der Waals surface area contributed by atoms with E-state index in [4.69, 9.17) is 0 Å². The number of carbonyl (C=O) groups is 1. The highest BCUT2D eigenvalue weighted by Crippen LogP contribution is 2.57. The third-order valence-electron chi connectivity index (χ3n) is 4.70. The number of benzene rings is 1. The van der Waals surface area contributed by atoms with E-state index in [-0.39, 0.29) is 17.6 Å². The largest absolute Gasteiger partial charge is 0.506 e. The number of aromatic hydroxyl groups is 1. The summed E-state index contributed by atoms with van der Waals surface area (Å²) in [6.45, 7) is 0. The lowest BCUT2D eigenvalue weighted by atomic mass is 9.84. The third kappa shape index (κ3) is 2.34. The first kappa shape index (κ1) is 13.9. The molecule has 20 heavy (non-hydrogen) atoms. The molecule has 0 heterocycles. The van der Waals surface area contributed by atoms with Crippen LogP contribution in [0.2, 0.25) is 0 Å². The van der Waals surface area contributed by atoms with Crippen molar-refractivity contribution in [2.24, 2.45) is 0 Å². The number of phenols is 1. The molecule has 2 N–H and O–H groups in total. The zero-order valence-corrected chi connectivity index (χ0v) is 13.0. The highest BCUT2D eigenvalue weighted by atomic mass is 79.9. The van der Waals surface area contributed by atoms with Gasteiger partial charge in [0.2, 0.25) is 0 Å².